The Morgan fingerprint density at radius 1 is 0.903 bits per heavy atom. The van der Waals surface area contributed by atoms with Gasteiger partial charge in [-0.25, -0.2) is 4.68 Å². The van der Waals surface area contributed by atoms with E-state index in [1.807, 2.05) is 59.4 Å². The highest BCUT2D eigenvalue weighted by Crippen LogP contribution is 2.27. The minimum absolute atomic E-state index is 0. The normalized spacial score (nSPS) is 10.8. The van der Waals surface area contributed by atoms with Crippen molar-refractivity contribution in [1.29, 1.82) is 0 Å². The van der Waals surface area contributed by atoms with Crippen LogP contribution in [0.3, 0.4) is 0 Å². The number of hydrogen-bond donors (Lipinski definition) is 2. The van der Waals surface area contributed by atoms with Crippen LogP contribution in [0.1, 0.15) is 11.3 Å². The lowest BCUT2D eigenvalue weighted by atomic mass is 10.2. The molecule has 0 bridgehead atoms. The van der Waals surface area contributed by atoms with Crippen molar-refractivity contribution in [1.82, 2.24) is 20.4 Å². The third-order valence-electron chi connectivity index (χ3n) is 4.55. The molecule has 8 nitrogen and oxygen atoms in total. The zero-order valence-corrected chi connectivity index (χ0v) is 20.4. The first kappa shape index (κ1) is 24.3. The van der Waals surface area contributed by atoms with Crippen LogP contribution < -0.4 is 24.8 Å². The maximum atomic E-state index is 5.35. The van der Waals surface area contributed by atoms with Gasteiger partial charge in [0.2, 0.25) is 0 Å². The van der Waals surface area contributed by atoms with Crippen LogP contribution in [-0.2, 0) is 13.1 Å². The Morgan fingerprint density at radius 2 is 1.61 bits per heavy atom. The van der Waals surface area contributed by atoms with Crippen molar-refractivity contribution in [3.8, 4) is 22.9 Å². The number of aliphatic imine (C=N–C) groups is 1. The highest BCUT2D eigenvalue weighted by molar-refractivity contribution is 14.0. The second-order valence-electron chi connectivity index (χ2n) is 6.42. The van der Waals surface area contributed by atoms with E-state index in [-0.39, 0.29) is 24.0 Å². The van der Waals surface area contributed by atoms with E-state index in [1.54, 1.807) is 28.4 Å². The summed E-state index contributed by atoms with van der Waals surface area (Å²) in [7, 11) is 6.64. The van der Waals surface area contributed by atoms with Gasteiger partial charge < -0.3 is 24.8 Å². The molecule has 0 aliphatic heterocycles. The van der Waals surface area contributed by atoms with Crippen LogP contribution in [0, 0.1) is 0 Å². The quantitative estimate of drug-likeness (QED) is 0.261. The van der Waals surface area contributed by atoms with E-state index < -0.39 is 0 Å². The molecule has 0 amide bonds. The molecule has 0 spiro atoms. The number of ether oxygens (including phenoxy) is 3. The van der Waals surface area contributed by atoms with E-state index in [0.29, 0.717) is 30.5 Å². The van der Waals surface area contributed by atoms with Gasteiger partial charge in [0.1, 0.15) is 5.75 Å². The molecule has 0 aliphatic rings. The fourth-order valence-corrected chi connectivity index (χ4v) is 2.91. The third-order valence-corrected chi connectivity index (χ3v) is 4.55. The van der Waals surface area contributed by atoms with Crippen molar-refractivity contribution in [2.45, 2.75) is 13.1 Å². The van der Waals surface area contributed by atoms with Crippen molar-refractivity contribution in [2.75, 3.05) is 28.4 Å². The van der Waals surface area contributed by atoms with Gasteiger partial charge in [0, 0.05) is 19.8 Å². The fraction of sp³-hybridized carbons (Fsp3) is 0.273. The lowest BCUT2D eigenvalue weighted by Gasteiger charge is -2.13. The number of halogens is 1. The van der Waals surface area contributed by atoms with Gasteiger partial charge in [0.15, 0.2) is 17.5 Å². The van der Waals surface area contributed by atoms with E-state index in [1.165, 1.54) is 0 Å². The molecule has 0 radical (unpaired) electrons. The van der Waals surface area contributed by atoms with Crippen LogP contribution in [0.5, 0.6) is 17.2 Å². The molecule has 2 N–H and O–H groups in total. The predicted molar refractivity (Wildman–Crippen MR) is 132 cm³/mol. The number of aromatic nitrogens is 2. The van der Waals surface area contributed by atoms with Crippen molar-refractivity contribution in [3.05, 3.63) is 66.0 Å². The largest absolute Gasteiger partial charge is 0.497 e. The van der Waals surface area contributed by atoms with Gasteiger partial charge in [0.05, 0.1) is 39.3 Å². The summed E-state index contributed by atoms with van der Waals surface area (Å²) in [6, 6.07) is 15.5. The van der Waals surface area contributed by atoms with Crippen LogP contribution in [0.2, 0.25) is 0 Å². The molecule has 166 valence electrons. The Labute approximate surface area is 199 Å². The molecule has 3 aromatic rings. The van der Waals surface area contributed by atoms with E-state index in [0.717, 1.165) is 22.7 Å². The average Bonchev–Trinajstić information content (AvgIpc) is 3.28. The summed E-state index contributed by atoms with van der Waals surface area (Å²) < 4.78 is 17.6. The zero-order chi connectivity index (χ0) is 21.3. The first-order valence-electron chi connectivity index (χ1n) is 9.51. The topological polar surface area (TPSA) is 81.9 Å². The van der Waals surface area contributed by atoms with Crippen molar-refractivity contribution >= 4 is 29.9 Å². The second-order valence-corrected chi connectivity index (χ2v) is 6.42. The summed E-state index contributed by atoms with van der Waals surface area (Å²) in [4.78, 5) is 4.27. The maximum absolute atomic E-state index is 5.35. The molecule has 0 saturated heterocycles. The minimum Gasteiger partial charge on any atom is -0.497 e. The Kier molecular flexibility index (Phi) is 9.44. The number of rotatable bonds is 8. The van der Waals surface area contributed by atoms with Crippen molar-refractivity contribution in [2.24, 2.45) is 4.99 Å². The van der Waals surface area contributed by atoms with Crippen LogP contribution >= 0.6 is 24.0 Å². The maximum Gasteiger partial charge on any atom is 0.191 e. The SMILES string of the molecule is CN=C(NCc1ccc(OC)c(OC)c1)NCc1ccn(-c2ccc(OC)cc2)n1.I. The van der Waals surface area contributed by atoms with E-state index in [4.69, 9.17) is 14.2 Å². The van der Waals surface area contributed by atoms with Gasteiger partial charge >= 0.3 is 0 Å². The number of nitrogens with one attached hydrogen (secondary N) is 2. The van der Waals surface area contributed by atoms with E-state index in [9.17, 15) is 0 Å². The highest BCUT2D eigenvalue weighted by Gasteiger charge is 2.06. The molecule has 0 fully saturated rings. The highest BCUT2D eigenvalue weighted by atomic mass is 127. The molecular weight excluding hydrogens is 509 g/mol. The van der Waals surface area contributed by atoms with Gasteiger partial charge in [-0.3, -0.25) is 4.99 Å². The van der Waals surface area contributed by atoms with Gasteiger partial charge in [0.25, 0.3) is 0 Å². The lowest BCUT2D eigenvalue weighted by molar-refractivity contribution is 0.354. The van der Waals surface area contributed by atoms with Crippen LogP contribution in [0.4, 0.5) is 0 Å². The summed E-state index contributed by atoms with van der Waals surface area (Å²) in [5, 5.41) is 11.2. The van der Waals surface area contributed by atoms with Crippen molar-refractivity contribution < 1.29 is 14.2 Å². The Hall–Kier alpha value is -2.95. The van der Waals surface area contributed by atoms with Crippen molar-refractivity contribution in [3.63, 3.8) is 0 Å². The Bertz CT molecular complexity index is 989. The standard InChI is InChI=1S/C22H27N5O3.HI/c1-23-22(24-14-16-5-10-20(29-3)21(13-16)30-4)25-15-17-11-12-27(26-17)18-6-8-19(28-2)9-7-18;/h5-13H,14-15H2,1-4H3,(H2,23,24,25);1H. The first-order chi connectivity index (χ1) is 14.7. The van der Waals surface area contributed by atoms with Crippen LogP contribution in [-0.4, -0.2) is 44.1 Å². The molecule has 3 rings (SSSR count). The number of methoxy groups -OCH3 is 3. The molecule has 2 aromatic carbocycles. The molecular formula is C22H28IN5O3. The third kappa shape index (κ3) is 6.51. The second kappa shape index (κ2) is 12.0. The Morgan fingerprint density at radius 3 is 2.26 bits per heavy atom. The van der Waals surface area contributed by atoms with Gasteiger partial charge in [-0.15, -0.1) is 24.0 Å². The summed E-state index contributed by atoms with van der Waals surface area (Å²) in [5.74, 6) is 2.90. The summed E-state index contributed by atoms with van der Waals surface area (Å²) >= 11 is 0. The number of nitrogens with zero attached hydrogens (tertiary/aromatic N) is 3. The number of guanidine groups is 1. The first-order valence-corrected chi connectivity index (χ1v) is 9.51. The average molecular weight is 537 g/mol. The summed E-state index contributed by atoms with van der Waals surface area (Å²) in [5.41, 5.74) is 2.93. The predicted octanol–water partition coefficient (Wildman–Crippen LogP) is 3.38. The van der Waals surface area contributed by atoms with Crippen LogP contribution in [0.25, 0.3) is 5.69 Å². The smallest absolute Gasteiger partial charge is 0.191 e. The molecule has 0 atom stereocenters. The molecule has 31 heavy (non-hydrogen) atoms. The monoisotopic (exact) mass is 537 g/mol. The Balaban J connectivity index is 0.00000341. The zero-order valence-electron chi connectivity index (χ0n) is 18.1. The van der Waals surface area contributed by atoms with Gasteiger partial charge in [-0.1, -0.05) is 6.07 Å². The van der Waals surface area contributed by atoms with E-state index in [2.05, 4.69) is 20.7 Å². The number of benzene rings is 2. The fourth-order valence-electron chi connectivity index (χ4n) is 2.91. The van der Waals surface area contributed by atoms with Crippen LogP contribution in [0.15, 0.2) is 59.7 Å². The van der Waals surface area contributed by atoms with E-state index >= 15 is 0 Å². The summed E-state index contributed by atoms with van der Waals surface area (Å²) in [6.07, 6.45) is 1.93. The van der Waals surface area contributed by atoms with Gasteiger partial charge in [-0.05, 0) is 48.0 Å². The molecule has 0 saturated carbocycles. The minimum atomic E-state index is 0. The van der Waals surface area contributed by atoms with Gasteiger partial charge in [-0.2, -0.15) is 5.10 Å². The molecule has 1 heterocycles. The lowest BCUT2D eigenvalue weighted by Crippen LogP contribution is -2.36. The molecule has 1 aromatic heterocycles. The molecule has 0 aliphatic carbocycles. The molecule has 0 unspecified atom stereocenters. The summed E-state index contributed by atoms with van der Waals surface area (Å²) in [6.45, 7) is 1.15. The molecule has 9 heteroatoms. The number of hydrogen-bond acceptors (Lipinski definition) is 5.